The van der Waals surface area contributed by atoms with E-state index in [0.717, 1.165) is 43.3 Å². The van der Waals surface area contributed by atoms with Crippen molar-refractivity contribution in [3.8, 4) is 0 Å². The van der Waals surface area contributed by atoms with E-state index < -0.39 is 0 Å². The summed E-state index contributed by atoms with van der Waals surface area (Å²) < 4.78 is 0. The number of nitrogens with zero attached hydrogens (tertiary/aromatic N) is 4. The fraction of sp³-hybridized carbons (Fsp3) is 0.769. The van der Waals surface area contributed by atoms with Gasteiger partial charge in [-0.1, -0.05) is 27.7 Å². The van der Waals surface area contributed by atoms with Gasteiger partial charge in [0.1, 0.15) is 0 Å². The highest BCUT2D eigenvalue weighted by Gasteiger charge is 2.30. The van der Waals surface area contributed by atoms with Crippen LogP contribution in [0.2, 0.25) is 0 Å². The number of rotatable bonds is 3. The van der Waals surface area contributed by atoms with E-state index in [9.17, 15) is 0 Å². The Balaban J connectivity index is 2.23. The van der Waals surface area contributed by atoms with Gasteiger partial charge >= 0.3 is 0 Å². The van der Waals surface area contributed by atoms with Crippen molar-refractivity contribution in [2.24, 2.45) is 5.41 Å². The maximum absolute atomic E-state index is 4.66. The molecule has 1 saturated heterocycles. The minimum atomic E-state index is 0.374. The molecule has 1 aliphatic rings. The van der Waals surface area contributed by atoms with E-state index in [1.54, 1.807) is 0 Å². The standard InChI is InChI=1S/C13H22N4/c1-5-10-11(6-2)15-16-12(14-10)17-8-7-13(3,4)9-17/h5-9H2,1-4H3. The van der Waals surface area contributed by atoms with Gasteiger partial charge in [0.15, 0.2) is 0 Å². The Morgan fingerprint density at radius 1 is 1.12 bits per heavy atom. The SMILES string of the molecule is CCc1nnc(N2CCC(C)(C)C2)nc1CC. The third-order valence-electron chi connectivity index (χ3n) is 3.46. The van der Waals surface area contributed by atoms with Crippen LogP contribution in [0.25, 0.3) is 0 Å². The molecular weight excluding hydrogens is 212 g/mol. The van der Waals surface area contributed by atoms with Crippen LogP contribution in [-0.4, -0.2) is 28.3 Å². The highest BCUT2D eigenvalue weighted by atomic mass is 15.3. The van der Waals surface area contributed by atoms with E-state index in [2.05, 4.69) is 47.8 Å². The molecule has 0 aromatic carbocycles. The normalized spacial score (nSPS) is 18.7. The van der Waals surface area contributed by atoms with Gasteiger partial charge in [0.2, 0.25) is 5.95 Å². The number of aryl methyl sites for hydroxylation is 2. The highest BCUT2D eigenvalue weighted by Crippen LogP contribution is 2.30. The molecule has 1 aliphatic heterocycles. The molecule has 0 saturated carbocycles. The average molecular weight is 234 g/mol. The summed E-state index contributed by atoms with van der Waals surface area (Å²) in [5, 5.41) is 8.58. The molecule has 1 fully saturated rings. The van der Waals surface area contributed by atoms with Crippen LogP contribution in [0.1, 0.15) is 45.5 Å². The molecule has 0 N–H and O–H groups in total. The Labute approximate surface area is 103 Å². The second-order valence-electron chi connectivity index (χ2n) is 5.55. The largest absolute Gasteiger partial charge is 0.339 e. The molecule has 0 radical (unpaired) electrons. The number of aromatic nitrogens is 3. The van der Waals surface area contributed by atoms with Gasteiger partial charge in [0, 0.05) is 13.1 Å². The minimum absolute atomic E-state index is 0.374. The lowest BCUT2D eigenvalue weighted by Gasteiger charge is -2.19. The quantitative estimate of drug-likeness (QED) is 0.804. The average Bonchev–Trinajstić information content (AvgIpc) is 2.68. The minimum Gasteiger partial charge on any atom is -0.339 e. The number of hydrogen-bond donors (Lipinski definition) is 0. The summed E-state index contributed by atoms with van der Waals surface area (Å²) in [6, 6.07) is 0. The first-order valence-corrected chi connectivity index (χ1v) is 6.53. The fourth-order valence-corrected chi connectivity index (χ4v) is 2.35. The third kappa shape index (κ3) is 2.56. The summed E-state index contributed by atoms with van der Waals surface area (Å²) in [7, 11) is 0. The van der Waals surface area contributed by atoms with Crippen LogP contribution in [0.15, 0.2) is 0 Å². The molecule has 2 heterocycles. The number of hydrogen-bond acceptors (Lipinski definition) is 4. The van der Waals surface area contributed by atoms with Gasteiger partial charge in [-0.3, -0.25) is 0 Å². The fourth-order valence-electron chi connectivity index (χ4n) is 2.35. The van der Waals surface area contributed by atoms with E-state index in [1.165, 1.54) is 6.42 Å². The molecule has 0 aliphatic carbocycles. The van der Waals surface area contributed by atoms with Crippen molar-refractivity contribution in [1.82, 2.24) is 15.2 Å². The Morgan fingerprint density at radius 3 is 2.35 bits per heavy atom. The highest BCUT2D eigenvalue weighted by molar-refractivity contribution is 5.32. The lowest BCUT2D eigenvalue weighted by atomic mass is 9.93. The van der Waals surface area contributed by atoms with Crippen molar-refractivity contribution in [3.63, 3.8) is 0 Å². The van der Waals surface area contributed by atoms with Crippen molar-refractivity contribution in [1.29, 1.82) is 0 Å². The van der Waals surface area contributed by atoms with Gasteiger partial charge in [-0.05, 0) is 24.7 Å². The molecule has 0 atom stereocenters. The summed E-state index contributed by atoms with van der Waals surface area (Å²) in [6.07, 6.45) is 3.05. The van der Waals surface area contributed by atoms with Crippen molar-refractivity contribution in [2.75, 3.05) is 18.0 Å². The topological polar surface area (TPSA) is 41.9 Å². The van der Waals surface area contributed by atoms with Gasteiger partial charge in [0.05, 0.1) is 11.4 Å². The van der Waals surface area contributed by atoms with Crippen LogP contribution >= 0.6 is 0 Å². The molecule has 4 nitrogen and oxygen atoms in total. The van der Waals surface area contributed by atoms with Gasteiger partial charge in [-0.15, -0.1) is 5.10 Å². The monoisotopic (exact) mass is 234 g/mol. The van der Waals surface area contributed by atoms with Crippen molar-refractivity contribution >= 4 is 5.95 Å². The Bertz CT molecular complexity index is 400. The second-order valence-corrected chi connectivity index (χ2v) is 5.55. The summed E-state index contributed by atoms with van der Waals surface area (Å²) in [4.78, 5) is 6.92. The second kappa shape index (κ2) is 4.59. The molecule has 17 heavy (non-hydrogen) atoms. The van der Waals surface area contributed by atoms with E-state index in [1.807, 2.05) is 0 Å². The molecule has 1 aromatic rings. The van der Waals surface area contributed by atoms with Crippen LogP contribution in [0.5, 0.6) is 0 Å². The van der Waals surface area contributed by atoms with Crippen LogP contribution < -0.4 is 4.90 Å². The predicted octanol–water partition coefficient (Wildman–Crippen LogP) is 2.23. The maximum atomic E-state index is 4.66. The Morgan fingerprint density at radius 2 is 1.82 bits per heavy atom. The molecule has 94 valence electrons. The van der Waals surface area contributed by atoms with Crippen LogP contribution in [0.4, 0.5) is 5.95 Å². The summed E-state index contributed by atoms with van der Waals surface area (Å²) >= 11 is 0. The molecule has 2 rings (SSSR count). The van der Waals surface area contributed by atoms with Gasteiger partial charge < -0.3 is 4.90 Å². The Kier molecular flexibility index (Phi) is 3.31. The Hall–Kier alpha value is -1.19. The summed E-state index contributed by atoms with van der Waals surface area (Å²) in [5.41, 5.74) is 2.51. The maximum Gasteiger partial charge on any atom is 0.245 e. The summed E-state index contributed by atoms with van der Waals surface area (Å²) in [5.74, 6) is 0.810. The van der Waals surface area contributed by atoms with Crippen molar-refractivity contribution in [3.05, 3.63) is 11.4 Å². The molecular formula is C13H22N4. The van der Waals surface area contributed by atoms with E-state index in [0.29, 0.717) is 5.41 Å². The van der Waals surface area contributed by atoms with Gasteiger partial charge in [-0.25, -0.2) is 4.98 Å². The van der Waals surface area contributed by atoms with Crippen LogP contribution in [-0.2, 0) is 12.8 Å². The molecule has 0 unspecified atom stereocenters. The first-order chi connectivity index (χ1) is 8.05. The van der Waals surface area contributed by atoms with E-state index >= 15 is 0 Å². The van der Waals surface area contributed by atoms with Gasteiger partial charge in [0.25, 0.3) is 0 Å². The van der Waals surface area contributed by atoms with Gasteiger partial charge in [-0.2, -0.15) is 5.10 Å². The molecule has 0 bridgehead atoms. The molecule has 4 heteroatoms. The van der Waals surface area contributed by atoms with E-state index in [4.69, 9.17) is 0 Å². The smallest absolute Gasteiger partial charge is 0.245 e. The lowest BCUT2D eigenvalue weighted by Crippen LogP contribution is -2.25. The zero-order valence-corrected chi connectivity index (χ0v) is 11.3. The third-order valence-corrected chi connectivity index (χ3v) is 3.46. The number of anilines is 1. The first kappa shape index (κ1) is 12.3. The van der Waals surface area contributed by atoms with Crippen LogP contribution in [0.3, 0.4) is 0 Å². The van der Waals surface area contributed by atoms with Crippen LogP contribution in [0, 0.1) is 5.41 Å². The molecule has 0 amide bonds. The molecule has 0 spiro atoms. The zero-order valence-electron chi connectivity index (χ0n) is 11.3. The first-order valence-electron chi connectivity index (χ1n) is 6.53. The lowest BCUT2D eigenvalue weighted by molar-refractivity contribution is 0.418. The molecule has 1 aromatic heterocycles. The van der Waals surface area contributed by atoms with Crippen molar-refractivity contribution in [2.45, 2.75) is 47.0 Å². The van der Waals surface area contributed by atoms with E-state index in [-0.39, 0.29) is 0 Å². The van der Waals surface area contributed by atoms with Crippen molar-refractivity contribution < 1.29 is 0 Å². The zero-order chi connectivity index (χ0) is 12.5. The summed E-state index contributed by atoms with van der Waals surface area (Å²) in [6.45, 7) is 10.9. The predicted molar refractivity (Wildman–Crippen MR) is 69.2 cm³/mol.